The van der Waals surface area contributed by atoms with Gasteiger partial charge in [0.2, 0.25) is 0 Å². The molecule has 1 aliphatic heterocycles. The highest BCUT2D eigenvalue weighted by Gasteiger charge is 2.29. The van der Waals surface area contributed by atoms with Crippen LogP contribution >= 0.6 is 0 Å². The minimum Gasteiger partial charge on any atom is -0.495 e. The van der Waals surface area contributed by atoms with Crippen LogP contribution < -0.4 is 9.64 Å². The van der Waals surface area contributed by atoms with E-state index in [1.54, 1.807) is 13.2 Å². The Hall–Kier alpha value is -2.79. The van der Waals surface area contributed by atoms with E-state index in [0.717, 1.165) is 29.2 Å². The van der Waals surface area contributed by atoms with E-state index in [9.17, 15) is 4.39 Å². The second kappa shape index (κ2) is 6.61. The number of anilines is 1. The highest BCUT2D eigenvalue weighted by atomic mass is 19.1. The highest BCUT2D eigenvalue weighted by Crippen LogP contribution is 2.37. The Morgan fingerprint density at radius 1 is 1.12 bits per heavy atom. The molecule has 2 heterocycles. The van der Waals surface area contributed by atoms with Gasteiger partial charge in [-0.3, -0.25) is 0 Å². The van der Waals surface area contributed by atoms with Gasteiger partial charge >= 0.3 is 0 Å². The van der Waals surface area contributed by atoms with Gasteiger partial charge in [-0.1, -0.05) is 18.2 Å². The molecule has 1 atom stereocenters. The van der Waals surface area contributed by atoms with E-state index >= 15 is 0 Å². The zero-order valence-electron chi connectivity index (χ0n) is 13.9. The van der Waals surface area contributed by atoms with Crippen molar-refractivity contribution >= 4 is 5.69 Å². The van der Waals surface area contributed by atoms with Crippen LogP contribution in [0.3, 0.4) is 0 Å². The number of rotatable bonds is 4. The molecule has 4 rings (SSSR count). The first-order valence-corrected chi connectivity index (χ1v) is 8.21. The van der Waals surface area contributed by atoms with Crippen molar-refractivity contribution in [3.63, 3.8) is 0 Å². The molecule has 0 N–H and O–H groups in total. The highest BCUT2D eigenvalue weighted by molar-refractivity contribution is 5.60. The third kappa shape index (κ3) is 2.98. The lowest BCUT2D eigenvalue weighted by molar-refractivity contribution is 0.113. The van der Waals surface area contributed by atoms with E-state index in [0.29, 0.717) is 6.61 Å². The minimum absolute atomic E-state index is 0.189. The Balaban J connectivity index is 1.65. The molecule has 4 nitrogen and oxygen atoms in total. The quantitative estimate of drug-likeness (QED) is 0.715. The van der Waals surface area contributed by atoms with Crippen molar-refractivity contribution < 1.29 is 13.9 Å². The number of hydrogen-bond acceptors (Lipinski definition) is 3. The molecule has 128 valence electrons. The number of nitrogens with zero attached hydrogens (tertiary/aromatic N) is 2. The summed E-state index contributed by atoms with van der Waals surface area (Å²) in [4.78, 5) is 2.18. The zero-order valence-corrected chi connectivity index (χ0v) is 13.9. The van der Waals surface area contributed by atoms with Gasteiger partial charge in [0.25, 0.3) is 0 Å². The van der Waals surface area contributed by atoms with Gasteiger partial charge in [-0.15, -0.1) is 0 Å². The SMILES string of the molecule is COc1ccccc1N1CCO[C@@H]1c1ccn(-c2cccc(F)c2)c1. The van der Waals surface area contributed by atoms with E-state index in [-0.39, 0.29) is 12.0 Å². The predicted molar refractivity (Wildman–Crippen MR) is 94.8 cm³/mol. The predicted octanol–water partition coefficient (Wildman–Crippen LogP) is 4.16. The molecule has 0 aliphatic carbocycles. The van der Waals surface area contributed by atoms with Gasteiger partial charge in [0.1, 0.15) is 11.6 Å². The molecular weight excluding hydrogens is 319 g/mol. The van der Waals surface area contributed by atoms with Gasteiger partial charge in [-0.25, -0.2) is 4.39 Å². The van der Waals surface area contributed by atoms with Gasteiger partial charge in [-0.05, 0) is 36.4 Å². The summed E-state index contributed by atoms with van der Waals surface area (Å²) in [5.41, 5.74) is 2.81. The van der Waals surface area contributed by atoms with Crippen LogP contribution in [0.4, 0.5) is 10.1 Å². The van der Waals surface area contributed by atoms with Gasteiger partial charge in [-0.2, -0.15) is 0 Å². The molecule has 3 aromatic rings. The fraction of sp³-hybridized carbons (Fsp3) is 0.200. The first kappa shape index (κ1) is 15.7. The maximum Gasteiger partial charge on any atom is 0.158 e. The molecular formula is C20H19FN2O2. The maximum atomic E-state index is 13.5. The van der Waals surface area contributed by atoms with E-state index in [1.807, 2.05) is 53.4 Å². The molecule has 0 radical (unpaired) electrons. The van der Waals surface area contributed by atoms with Crippen LogP contribution in [-0.2, 0) is 4.74 Å². The summed E-state index contributed by atoms with van der Waals surface area (Å²) in [7, 11) is 1.67. The van der Waals surface area contributed by atoms with Gasteiger partial charge in [0, 0.05) is 30.2 Å². The fourth-order valence-corrected chi connectivity index (χ4v) is 3.22. The summed E-state index contributed by atoms with van der Waals surface area (Å²) in [6, 6.07) is 16.5. The minimum atomic E-state index is -0.250. The van der Waals surface area contributed by atoms with Crippen LogP contribution in [0.15, 0.2) is 67.0 Å². The van der Waals surface area contributed by atoms with E-state index in [1.165, 1.54) is 12.1 Å². The van der Waals surface area contributed by atoms with Gasteiger partial charge in [0.05, 0.1) is 19.4 Å². The van der Waals surface area contributed by atoms with Crippen molar-refractivity contribution in [2.75, 3.05) is 25.2 Å². The summed E-state index contributed by atoms with van der Waals surface area (Å²) in [6.07, 6.45) is 3.71. The molecule has 0 amide bonds. The number of benzene rings is 2. The number of methoxy groups -OCH3 is 1. The van der Waals surface area contributed by atoms with Crippen molar-refractivity contribution in [2.45, 2.75) is 6.23 Å². The number of halogens is 1. The van der Waals surface area contributed by atoms with Crippen molar-refractivity contribution in [1.29, 1.82) is 0 Å². The summed E-state index contributed by atoms with van der Waals surface area (Å²) >= 11 is 0. The molecule has 0 unspecified atom stereocenters. The molecule has 0 spiro atoms. The van der Waals surface area contributed by atoms with Crippen LogP contribution in [0.1, 0.15) is 11.8 Å². The first-order chi connectivity index (χ1) is 12.3. The summed E-state index contributed by atoms with van der Waals surface area (Å²) in [5.74, 6) is 0.572. The first-order valence-electron chi connectivity index (χ1n) is 8.21. The van der Waals surface area contributed by atoms with E-state index in [2.05, 4.69) is 4.90 Å². The second-order valence-electron chi connectivity index (χ2n) is 5.92. The van der Waals surface area contributed by atoms with Crippen LogP contribution in [0.2, 0.25) is 0 Å². The van der Waals surface area contributed by atoms with E-state index < -0.39 is 0 Å². The Bertz CT molecular complexity index is 877. The van der Waals surface area contributed by atoms with Crippen LogP contribution in [0, 0.1) is 5.82 Å². The molecule has 2 aromatic carbocycles. The van der Waals surface area contributed by atoms with Crippen molar-refractivity contribution in [2.24, 2.45) is 0 Å². The van der Waals surface area contributed by atoms with Gasteiger partial charge < -0.3 is 18.9 Å². The summed E-state index contributed by atoms with van der Waals surface area (Å²) < 4.78 is 26.8. The van der Waals surface area contributed by atoms with Crippen LogP contribution in [0.5, 0.6) is 5.75 Å². The number of hydrogen-bond donors (Lipinski definition) is 0. The smallest absolute Gasteiger partial charge is 0.158 e. The molecule has 1 saturated heterocycles. The third-order valence-corrected chi connectivity index (χ3v) is 4.39. The van der Waals surface area contributed by atoms with Crippen molar-refractivity contribution in [3.8, 4) is 11.4 Å². The molecule has 1 aromatic heterocycles. The monoisotopic (exact) mass is 338 g/mol. The standard InChI is InChI=1S/C20H19FN2O2/c1-24-19-8-3-2-7-18(19)23-11-12-25-20(23)15-9-10-22(14-15)17-6-4-5-16(21)13-17/h2-10,13-14,20H,11-12H2,1H3/t20-/m1/s1. The molecule has 25 heavy (non-hydrogen) atoms. The largest absolute Gasteiger partial charge is 0.495 e. The second-order valence-corrected chi connectivity index (χ2v) is 5.92. The Morgan fingerprint density at radius 2 is 2.00 bits per heavy atom. The maximum absolute atomic E-state index is 13.5. The lowest BCUT2D eigenvalue weighted by Gasteiger charge is -2.26. The van der Waals surface area contributed by atoms with Crippen LogP contribution in [-0.4, -0.2) is 24.8 Å². The average molecular weight is 338 g/mol. The molecule has 0 saturated carbocycles. The Morgan fingerprint density at radius 3 is 2.84 bits per heavy atom. The molecule has 0 bridgehead atoms. The zero-order chi connectivity index (χ0) is 17.2. The van der Waals surface area contributed by atoms with Crippen molar-refractivity contribution in [1.82, 2.24) is 4.57 Å². The topological polar surface area (TPSA) is 26.6 Å². The Labute approximate surface area is 146 Å². The number of ether oxygens (including phenoxy) is 2. The summed E-state index contributed by atoms with van der Waals surface area (Å²) in [5, 5.41) is 0. The fourth-order valence-electron chi connectivity index (χ4n) is 3.22. The third-order valence-electron chi connectivity index (χ3n) is 4.39. The molecule has 1 fully saturated rings. The Kier molecular flexibility index (Phi) is 4.15. The number of para-hydroxylation sites is 2. The van der Waals surface area contributed by atoms with Gasteiger partial charge in [0.15, 0.2) is 6.23 Å². The molecule has 1 aliphatic rings. The van der Waals surface area contributed by atoms with Crippen molar-refractivity contribution in [3.05, 3.63) is 78.4 Å². The van der Waals surface area contributed by atoms with Crippen LogP contribution in [0.25, 0.3) is 5.69 Å². The molecule has 5 heteroatoms. The number of aromatic nitrogens is 1. The average Bonchev–Trinajstić information content (AvgIpc) is 3.30. The summed E-state index contributed by atoms with van der Waals surface area (Å²) in [6.45, 7) is 1.43. The lowest BCUT2D eigenvalue weighted by Crippen LogP contribution is -2.23. The lowest BCUT2D eigenvalue weighted by atomic mass is 10.2. The normalized spacial score (nSPS) is 17.0. The van der Waals surface area contributed by atoms with E-state index in [4.69, 9.17) is 9.47 Å².